The van der Waals surface area contributed by atoms with Crippen LogP contribution in [0.25, 0.3) is 0 Å². The third kappa shape index (κ3) is 61.0. The molecule has 0 bridgehead atoms. The first-order valence-electron chi connectivity index (χ1n) is 3.83. The Morgan fingerprint density at radius 1 is 0.556 bits per heavy atom. The van der Waals surface area contributed by atoms with Crippen LogP contribution in [0.15, 0.2) is 0 Å². The molecule has 0 aliphatic carbocycles. The van der Waals surface area contributed by atoms with E-state index in [-0.39, 0.29) is 13.5 Å². The second kappa shape index (κ2) is 23.8. The average molecular weight is 150 g/mol. The van der Waals surface area contributed by atoms with Gasteiger partial charge in [-0.05, 0) is 0 Å². The van der Waals surface area contributed by atoms with Gasteiger partial charge in [-0.25, -0.2) is 0 Å². The van der Waals surface area contributed by atoms with Crippen molar-refractivity contribution in [2.75, 3.05) is 0 Å². The maximum atomic E-state index is 2.18. The van der Waals surface area contributed by atoms with E-state index in [1.165, 1.54) is 25.7 Å². The summed E-state index contributed by atoms with van der Waals surface area (Å²) in [4.78, 5) is 0. The van der Waals surface area contributed by atoms with Crippen molar-refractivity contribution in [1.82, 2.24) is 0 Å². The fourth-order valence-electron chi connectivity index (χ4n) is 0. The molecule has 0 spiro atoms. The van der Waals surface area contributed by atoms with Crippen LogP contribution in [0.1, 0.15) is 53.4 Å². The Morgan fingerprint density at radius 3 is 0.667 bits per heavy atom. The average Bonchev–Trinajstić information content (AvgIpc) is 1.88. The molecular weight excluding hydrogens is 128 g/mol. The van der Waals surface area contributed by atoms with Crippen molar-refractivity contribution in [3.63, 3.8) is 0 Å². The van der Waals surface area contributed by atoms with Gasteiger partial charge in [0, 0.05) is 0 Å². The van der Waals surface area contributed by atoms with E-state index < -0.39 is 0 Å². The van der Waals surface area contributed by atoms with E-state index in [0.717, 1.165) is 0 Å². The summed E-state index contributed by atoms with van der Waals surface area (Å²) in [6.45, 7) is 8.72. The maximum absolute atomic E-state index is 2.18. The first-order chi connectivity index (χ1) is 3.83. The van der Waals surface area contributed by atoms with Crippen molar-refractivity contribution in [2.24, 2.45) is 0 Å². The molecule has 0 saturated carbocycles. The van der Waals surface area contributed by atoms with E-state index in [0.29, 0.717) is 0 Å². The summed E-state index contributed by atoms with van der Waals surface area (Å²) >= 11 is 0. The van der Waals surface area contributed by atoms with Gasteiger partial charge in [0.05, 0.1) is 0 Å². The monoisotopic (exact) mass is 150 g/mol. The molecule has 0 unspecified atom stereocenters. The van der Waals surface area contributed by atoms with Gasteiger partial charge in [-0.3, -0.25) is 0 Å². The molecule has 0 radical (unpaired) electrons. The molecular formula is C8H22S. The van der Waals surface area contributed by atoms with Crippen LogP contribution in [0, 0.1) is 0 Å². The van der Waals surface area contributed by atoms with Crippen LogP contribution in [-0.2, 0) is 0 Å². The van der Waals surface area contributed by atoms with Crippen LogP contribution in [0.2, 0.25) is 0 Å². The minimum atomic E-state index is 0. The second-order valence-electron chi connectivity index (χ2n) is 2.00. The summed E-state index contributed by atoms with van der Waals surface area (Å²) in [5.41, 5.74) is 0. The predicted molar refractivity (Wildman–Crippen MR) is 51.5 cm³/mol. The van der Waals surface area contributed by atoms with Gasteiger partial charge in [0.2, 0.25) is 0 Å². The standard InChI is InChI=1S/2C4H10.H2S/c2*1-3-4-2;/h2*3-4H2,1-2H3;1H2. The highest BCUT2D eigenvalue weighted by Crippen LogP contribution is 1.77. The molecule has 0 fully saturated rings. The molecule has 0 aromatic heterocycles. The topological polar surface area (TPSA) is 0 Å². The fourth-order valence-corrected chi connectivity index (χ4v) is 0. The first kappa shape index (κ1) is 16.2. The molecule has 0 atom stereocenters. The molecule has 0 heterocycles. The number of unbranched alkanes of at least 4 members (excludes halogenated alkanes) is 2. The van der Waals surface area contributed by atoms with Crippen LogP contribution in [-0.4, -0.2) is 0 Å². The lowest BCUT2D eigenvalue weighted by Crippen LogP contribution is -1.47. The van der Waals surface area contributed by atoms with Crippen molar-refractivity contribution >= 4 is 13.5 Å². The van der Waals surface area contributed by atoms with Gasteiger partial charge in [-0.1, -0.05) is 53.4 Å². The molecule has 0 aromatic carbocycles. The van der Waals surface area contributed by atoms with Crippen molar-refractivity contribution < 1.29 is 0 Å². The van der Waals surface area contributed by atoms with E-state index in [4.69, 9.17) is 0 Å². The van der Waals surface area contributed by atoms with Crippen molar-refractivity contribution in [3.8, 4) is 0 Å². The van der Waals surface area contributed by atoms with E-state index in [1.807, 2.05) is 0 Å². The van der Waals surface area contributed by atoms with Crippen LogP contribution < -0.4 is 0 Å². The van der Waals surface area contributed by atoms with Gasteiger partial charge in [0.15, 0.2) is 0 Å². The lowest BCUT2D eigenvalue weighted by atomic mass is 10.4. The van der Waals surface area contributed by atoms with Crippen molar-refractivity contribution in [2.45, 2.75) is 53.4 Å². The zero-order chi connectivity index (χ0) is 6.83. The van der Waals surface area contributed by atoms with Crippen LogP contribution in [0.3, 0.4) is 0 Å². The summed E-state index contributed by atoms with van der Waals surface area (Å²) in [6.07, 6.45) is 5.28. The molecule has 0 N–H and O–H groups in total. The Kier molecular flexibility index (Phi) is 42.8. The Hall–Kier alpha value is 0.350. The van der Waals surface area contributed by atoms with Gasteiger partial charge < -0.3 is 0 Å². The molecule has 60 valence electrons. The molecule has 0 amide bonds. The molecule has 0 nitrogen and oxygen atoms in total. The predicted octanol–water partition coefficient (Wildman–Crippen LogP) is 3.73. The largest absolute Gasteiger partial charge is 0.197 e. The van der Waals surface area contributed by atoms with Crippen LogP contribution >= 0.6 is 13.5 Å². The van der Waals surface area contributed by atoms with E-state index in [1.54, 1.807) is 0 Å². The van der Waals surface area contributed by atoms with Crippen molar-refractivity contribution in [3.05, 3.63) is 0 Å². The van der Waals surface area contributed by atoms with Gasteiger partial charge in [-0.15, -0.1) is 0 Å². The minimum Gasteiger partial charge on any atom is -0.197 e. The lowest BCUT2D eigenvalue weighted by Gasteiger charge is -1.68. The van der Waals surface area contributed by atoms with E-state index in [9.17, 15) is 0 Å². The van der Waals surface area contributed by atoms with Crippen LogP contribution in [0.5, 0.6) is 0 Å². The van der Waals surface area contributed by atoms with Gasteiger partial charge in [0.1, 0.15) is 0 Å². The quantitative estimate of drug-likeness (QED) is 0.563. The Bertz CT molecular complexity index is 12.5. The van der Waals surface area contributed by atoms with Gasteiger partial charge >= 0.3 is 0 Å². The molecule has 0 aromatic rings. The van der Waals surface area contributed by atoms with E-state index >= 15 is 0 Å². The van der Waals surface area contributed by atoms with E-state index in [2.05, 4.69) is 27.7 Å². The third-order valence-electron chi connectivity index (χ3n) is 1.000. The second-order valence-corrected chi connectivity index (χ2v) is 2.00. The SMILES string of the molecule is CCCC.CCCC.S. The summed E-state index contributed by atoms with van der Waals surface area (Å²) in [5, 5.41) is 0. The Balaban J connectivity index is -0.0000000720. The summed E-state index contributed by atoms with van der Waals surface area (Å²) in [6, 6.07) is 0. The van der Waals surface area contributed by atoms with Gasteiger partial charge in [-0.2, -0.15) is 13.5 Å². The fraction of sp³-hybridized carbons (Fsp3) is 1.00. The zero-order valence-corrected chi connectivity index (χ0v) is 8.33. The first-order valence-corrected chi connectivity index (χ1v) is 3.83. The highest BCUT2D eigenvalue weighted by atomic mass is 32.1. The number of rotatable bonds is 2. The van der Waals surface area contributed by atoms with Crippen molar-refractivity contribution in [1.29, 1.82) is 0 Å². The van der Waals surface area contributed by atoms with Crippen LogP contribution in [0.4, 0.5) is 0 Å². The lowest BCUT2D eigenvalue weighted by molar-refractivity contribution is 0.886. The number of hydrogen-bond acceptors (Lipinski definition) is 0. The Morgan fingerprint density at radius 2 is 0.667 bits per heavy atom. The summed E-state index contributed by atoms with van der Waals surface area (Å²) in [7, 11) is 0. The highest BCUT2D eigenvalue weighted by molar-refractivity contribution is 7.59. The maximum Gasteiger partial charge on any atom is -0.0564 e. The molecule has 0 aliphatic rings. The molecule has 9 heavy (non-hydrogen) atoms. The third-order valence-corrected chi connectivity index (χ3v) is 1.000. The highest BCUT2D eigenvalue weighted by Gasteiger charge is 1.56. The zero-order valence-electron chi connectivity index (χ0n) is 7.33. The summed E-state index contributed by atoms with van der Waals surface area (Å²) in [5.74, 6) is 0. The molecule has 1 heteroatoms. The number of hydrogen-bond donors (Lipinski definition) is 0. The smallest absolute Gasteiger partial charge is 0.0564 e. The molecule has 0 rings (SSSR count). The normalized spacial score (nSPS) is 6.67. The molecule has 0 saturated heterocycles. The Labute approximate surface area is 67.5 Å². The van der Waals surface area contributed by atoms with Gasteiger partial charge in [0.25, 0.3) is 0 Å². The minimum absolute atomic E-state index is 0. The molecule has 0 aliphatic heterocycles. The summed E-state index contributed by atoms with van der Waals surface area (Å²) < 4.78 is 0.